The maximum atomic E-state index is 10.1. The first-order chi connectivity index (χ1) is 4.54. The molecule has 0 heterocycles. The van der Waals surface area contributed by atoms with Gasteiger partial charge in [0, 0.05) is 6.42 Å². The molecular weight excluding hydrogens is 160 g/mol. The van der Waals surface area contributed by atoms with E-state index < -0.39 is 17.9 Å². The largest absolute Gasteiger partial charge is 2.00 e. The molecule has 0 bridgehead atoms. The van der Waals surface area contributed by atoms with Crippen LogP contribution >= 0.6 is 0 Å². The van der Waals surface area contributed by atoms with Gasteiger partial charge in [-0.05, 0) is 6.42 Å². The molecule has 5 N–H and O–H groups in total. The van der Waals surface area contributed by atoms with Crippen molar-refractivity contribution in [3.05, 3.63) is 0 Å². The van der Waals surface area contributed by atoms with Crippen molar-refractivity contribution in [2.45, 2.75) is 18.9 Å². The third-order valence-electron chi connectivity index (χ3n) is 1.02. The van der Waals surface area contributed by atoms with Crippen molar-refractivity contribution in [3.63, 3.8) is 0 Å². The van der Waals surface area contributed by atoms with Crippen LogP contribution in [0, 0.1) is 0 Å². The quantitative estimate of drug-likeness (QED) is 0.449. The fourth-order valence-corrected chi connectivity index (χ4v) is 0.421. The Balaban J connectivity index is -0.000000135. The van der Waals surface area contributed by atoms with E-state index in [9.17, 15) is 9.59 Å². The molecule has 1 atom stereocenters. The Morgan fingerprint density at radius 1 is 1.55 bits per heavy atom. The summed E-state index contributed by atoms with van der Waals surface area (Å²) in [6.07, 6.45) is 0.123. The number of carboxylic acid groups (broad SMARTS) is 1. The molecule has 0 saturated carbocycles. The second-order valence-electron chi connectivity index (χ2n) is 1.95. The monoisotopic (exact) mass is 172 g/mol. The van der Waals surface area contributed by atoms with Gasteiger partial charge in [-0.3, -0.25) is 9.59 Å². The summed E-state index contributed by atoms with van der Waals surface area (Å²) in [5.74, 6) is -1.64. The molecule has 0 rings (SSSR count). The van der Waals surface area contributed by atoms with Crippen LogP contribution in [-0.2, 0) is 9.59 Å². The van der Waals surface area contributed by atoms with Gasteiger partial charge < -0.3 is 19.4 Å². The Hall–Kier alpha value is -0.334. The summed E-state index contributed by atoms with van der Waals surface area (Å²) < 4.78 is 0. The zero-order valence-corrected chi connectivity index (χ0v) is 7.53. The number of aliphatic carboxylic acids is 1. The summed E-state index contributed by atoms with van der Waals surface area (Å²) >= 11 is 0. The first-order valence-electron chi connectivity index (χ1n) is 2.80. The van der Waals surface area contributed by atoms with Crippen LogP contribution in [0.2, 0.25) is 0 Å². The molecule has 5 nitrogen and oxygen atoms in total. The molecular formula is C5H12MgN2O3. The summed E-state index contributed by atoms with van der Waals surface area (Å²) in [4.78, 5) is 20.1. The van der Waals surface area contributed by atoms with Gasteiger partial charge in [0.2, 0.25) is 5.91 Å². The van der Waals surface area contributed by atoms with Crippen molar-refractivity contribution in [3.8, 4) is 0 Å². The van der Waals surface area contributed by atoms with Gasteiger partial charge in [-0.2, -0.15) is 0 Å². The number of hydrogen-bond acceptors (Lipinski definition) is 3. The Bertz CT molecular complexity index is 159. The number of carbonyl (C=O) groups is 2. The molecule has 11 heavy (non-hydrogen) atoms. The van der Waals surface area contributed by atoms with E-state index in [1.807, 2.05) is 0 Å². The number of primary amides is 1. The van der Waals surface area contributed by atoms with Crippen LogP contribution in [-0.4, -0.2) is 46.1 Å². The van der Waals surface area contributed by atoms with E-state index in [1.165, 1.54) is 0 Å². The van der Waals surface area contributed by atoms with Crippen molar-refractivity contribution in [1.29, 1.82) is 0 Å². The van der Waals surface area contributed by atoms with Gasteiger partial charge in [0.1, 0.15) is 6.04 Å². The molecule has 1 unspecified atom stereocenters. The normalized spacial score (nSPS) is 11.4. The molecule has 0 aliphatic rings. The second kappa shape index (κ2) is 6.38. The maximum absolute atomic E-state index is 10.1. The average Bonchev–Trinajstić information content (AvgIpc) is 1.82. The Morgan fingerprint density at radius 3 is 2.27 bits per heavy atom. The SMILES string of the molecule is NC(=O)CCC(N)C(=O)O.[H-].[H-].[Mg+2]. The van der Waals surface area contributed by atoms with Gasteiger partial charge in [-0.15, -0.1) is 0 Å². The zero-order chi connectivity index (χ0) is 8.15. The smallest absolute Gasteiger partial charge is 1.00 e. The number of nitrogens with two attached hydrogens (primary N) is 2. The molecule has 0 aliphatic heterocycles. The second-order valence-corrected chi connectivity index (χ2v) is 1.95. The molecule has 0 aromatic carbocycles. The average molecular weight is 172 g/mol. The summed E-state index contributed by atoms with van der Waals surface area (Å²) in [6, 6.07) is -0.979. The van der Waals surface area contributed by atoms with Crippen molar-refractivity contribution < 1.29 is 17.5 Å². The minimum absolute atomic E-state index is 0. The zero-order valence-electron chi connectivity index (χ0n) is 8.12. The third kappa shape index (κ3) is 7.56. The standard InChI is InChI=1S/C5H10N2O3.Mg.2H/c6-3(5(9)10)1-2-4(7)8;;;/h3H,1-2,6H2,(H2,7,8)(H,9,10);;;/q;+2;2*-1. The molecule has 0 radical (unpaired) electrons. The van der Waals surface area contributed by atoms with Gasteiger partial charge in [0.05, 0.1) is 0 Å². The number of carbonyl (C=O) groups excluding carboxylic acids is 1. The Kier molecular flexibility index (Phi) is 7.70. The van der Waals surface area contributed by atoms with Gasteiger partial charge in [-0.1, -0.05) is 0 Å². The van der Waals surface area contributed by atoms with Crippen LogP contribution in [0.4, 0.5) is 0 Å². The van der Waals surface area contributed by atoms with Crippen molar-refractivity contribution in [2.75, 3.05) is 0 Å². The van der Waals surface area contributed by atoms with Gasteiger partial charge in [0.15, 0.2) is 0 Å². The Morgan fingerprint density at radius 2 is 2.00 bits per heavy atom. The predicted octanol–water partition coefficient (Wildman–Crippen LogP) is -1.49. The van der Waals surface area contributed by atoms with E-state index in [4.69, 9.17) is 16.6 Å². The van der Waals surface area contributed by atoms with Crippen LogP contribution < -0.4 is 11.5 Å². The van der Waals surface area contributed by atoms with Crippen LogP contribution in [0.5, 0.6) is 0 Å². The van der Waals surface area contributed by atoms with E-state index in [0.717, 1.165) is 0 Å². The van der Waals surface area contributed by atoms with E-state index >= 15 is 0 Å². The van der Waals surface area contributed by atoms with Crippen LogP contribution in [0.25, 0.3) is 0 Å². The van der Waals surface area contributed by atoms with E-state index in [-0.39, 0.29) is 38.7 Å². The molecule has 0 aromatic heterocycles. The van der Waals surface area contributed by atoms with E-state index in [0.29, 0.717) is 0 Å². The first-order valence-corrected chi connectivity index (χ1v) is 2.80. The molecule has 62 valence electrons. The molecule has 0 aromatic rings. The molecule has 0 saturated heterocycles. The minimum atomic E-state index is -1.11. The maximum Gasteiger partial charge on any atom is 2.00 e. The van der Waals surface area contributed by atoms with Crippen LogP contribution in [0.15, 0.2) is 0 Å². The summed E-state index contributed by atoms with van der Waals surface area (Å²) in [5, 5.41) is 8.22. The summed E-state index contributed by atoms with van der Waals surface area (Å²) in [7, 11) is 0. The predicted molar refractivity (Wildman–Crippen MR) is 42.0 cm³/mol. The van der Waals surface area contributed by atoms with Gasteiger partial charge in [-0.25, -0.2) is 0 Å². The van der Waals surface area contributed by atoms with Gasteiger partial charge >= 0.3 is 29.0 Å². The number of rotatable bonds is 4. The summed E-state index contributed by atoms with van der Waals surface area (Å²) in [5.41, 5.74) is 9.81. The minimum Gasteiger partial charge on any atom is -1.00 e. The molecule has 0 spiro atoms. The Labute approximate surface area is 83.2 Å². The van der Waals surface area contributed by atoms with Crippen LogP contribution in [0.1, 0.15) is 15.7 Å². The number of hydrogen-bond donors (Lipinski definition) is 3. The van der Waals surface area contributed by atoms with Crippen molar-refractivity contribution in [2.24, 2.45) is 11.5 Å². The van der Waals surface area contributed by atoms with Gasteiger partial charge in [0.25, 0.3) is 0 Å². The fourth-order valence-electron chi connectivity index (χ4n) is 0.421. The van der Waals surface area contributed by atoms with Crippen LogP contribution in [0.3, 0.4) is 0 Å². The van der Waals surface area contributed by atoms with Crippen molar-refractivity contribution in [1.82, 2.24) is 0 Å². The van der Waals surface area contributed by atoms with E-state index in [1.54, 1.807) is 0 Å². The third-order valence-corrected chi connectivity index (χ3v) is 1.02. The first kappa shape index (κ1) is 13.3. The molecule has 6 heteroatoms. The molecule has 1 amide bonds. The molecule has 0 aliphatic carbocycles. The fraction of sp³-hybridized carbons (Fsp3) is 0.600. The number of amides is 1. The van der Waals surface area contributed by atoms with Crippen molar-refractivity contribution >= 4 is 34.9 Å². The topological polar surface area (TPSA) is 106 Å². The summed E-state index contributed by atoms with van der Waals surface area (Å²) in [6.45, 7) is 0. The number of carboxylic acids is 1. The van der Waals surface area contributed by atoms with E-state index in [2.05, 4.69) is 0 Å². The molecule has 0 fully saturated rings.